The summed E-state index contributed by atoms with van der Waals surface area (Å²) in [6.07, 6.45) is 1.52. The highest BCUT2D eigenvalue weighted by Crippen LogP contribution is 2.16. The molecule has 0 unspecified atom stereocenters. The summed E-state index contributed by atoms with van der Waals surface area (Å²) in [5, 5.41) is 0. The molecule has 1 aromatic rings. The summed E-state index contributed by atoms with van der Waals surface area (Å²) in [6.45, 7) is 4.85. The topological polar surface area (TPSA) is 9.23 Å². The van der Waals surface area contributed by atoms with Gasteiger partial charge in [-0.15, -0.1) is 11.6 Å². The molecule has 0 saturated heterocycles. The van der Waals surface area contributed by atoms with Crippen LogP contribution in [-0.4, -0.2) is 12.5 Å². The highest BCUT2D eigenvalue weighted by atomic mass is 35.5. The smallest absolute Gasteiger partial charge is 0.142 e. The van der Waals surface area contributed by atoms with E-state index in [9.17, 15) is 4.39 Å². The number of alkyl halides is 1. The van der Waals surface area contributed by atoms with Gasteiger partial charge in [-0.1, -0.05) is 25.7 Å². The van der Waals surface area contributed by atoms with E-state index in [1.807, 2.05) is 0 Å². The van der Waals surface area contributed by atoms with Gasteiger partial charge in [0.1, 0.15) is 11.6 Å². The number of rotatable bonds is 5. The summed E-state index contributed by atoms with van der Waals surface area (Å²) < 4.78 is 19.1. The summed E-state index contributed by atoms with van der Waals surface area (Å²) in [4.78, 5) is 0. The van der Waals surface area contributed by atoms with E-state index in [2.05, 4.69) is 25.7 Å². The molecule has 0 saturated carbocycles. The van der Waals surface area contributed by atoms with E-state index < -0.39 is 0 Å². The molecule has 0 heterocycles. The lowest BCUT2D eigenvalue weighted by Gasteiger charge is -2.08. The molecule has 1 aromatic carbocycles. The van der Waals surface area contributed by atoms with Crippen LogP contribution in [0.1, 0.15) is 32.3 Å². The van der Waals surface area contributed by atoms with Gasteiger partial charge in [-0.3, -0.25) is 0 Å². The number of hydrogen-bond acceptors (Lipinski definition) is 1. The number of halogens is 2. The molecule has 0 radical (unpaired) electrons. The van der Waals surface area contributed by atoms with Gasteiger partial charge in [-0.2, -0.15) is 0 Å². The molecule has 18 heavy (non-hydrogen) atoms. The van der Waals surface area contributed by atoms with Crippen LogP contribution in [0.4, 0.5) is 4.39 Å². The van der Waals surface area contributed by atoms with Gasteiger partial charge in [0, 0.05) is 18.4 Å². The number of hydrogen-bond donors (Lipinski definition) is 0. The minimum absolute atomic E-state index is 0.348. The Kier molecular flexibility index (Phi) is 6.60. The summed E-state index contributed by atoms with van der Waals surface area (Å²) >= 11 is 5.50. The first kappa shape index (κ1) is 14.9. The van der Waals surface area contributed by atoms with Gasteiger partial charge in [-0.25, -0.2) is 4.39 Å². The standard InChI is InChI=1S/C15H18ClFO/c1-12(2)8-10-18-14-7-6-13(15(17)11-14)5-3-4-9-16/h6-7,11-12H,4,8-10H2,1-2H3. The van der Waals surface area contributed by atoms with Crippen molar-refractivity contribution in [2.45, 2.75) is 26.7 Å². The van der Waals surface area contributed by atoms with E-state index in [1.54, 1.807) is 12.1 Å². The van der Waals surface area contributed by atoms with Crippen molar-refractivity contribution in [2.24, 2.45) is 5.92 Å². The Hall–Kier alpha value is -1.20. The van der Waals surface area contributed by atoms with E-state index in [4.69, 9.17) is 16.3 Å². The molecule has 0 amide bonds. The Morgan fingerprint density at radius 1 is 1.39 bits per heavy atom. The van der Waals surface area contributed by atoms with Gasteiger partial charge in [-0.05, 0) is 24.5 Å². The Bertz CT molecular complexity index is 432. The molecule has 0 fully saturated rings. The molecule has 0 atom stereocenters. The number of ether oxygens (including phenoxy) is 1. The highest BCUT2D eigenvalue weighted by Gasteiger charge is 2.02. The van der Waals surface area contributed by atoms with Crippen molar-refractivity contribution in [1.29, 1.82) is 0 Å². The molecule has 0 aromatic heterocycles. The van der Waals surface area contributed by atoms with Gasteiger partial charge >= 0.3 is 0 Å². The van der Waals surface area contributed by atoms with E-state index in [-0.39, 0.29) is 5.82 Å². The molecule has 98 valence electrons. The summed E-state index contributed by atoms with van der Waals surface area (Å²) in [6, 6.07) is 4.76. The van der Waals surface area contributed by atoms with Gasteiger partial charge in [0.25, 0.3) is 0 Å². The molecule has 0 N–H and O–H groups in total. The van der Waals surface area contributed by atoms with E-state index in [1.165, 1.54) is 6.07 Å². The van der Waals surface area contributed by atoms with Gasteiger partial charge in [0.2, 0.25) is 0 Å². The zero-order valence-corrected chi connectivity index (χ0v) is 11.6. The third-order valence-electron chi connectivity index (χ3n) is 2.35. The molecule has 1 nitrogen and oxygen atoms in total. The van der Waals surface area contributed by atoms with Crippen molar-refractivity contribution in [1.82, 2.24) is 0 Å². The van der Waals surface area contributed by atoms with Crippen LogP contribution in [0.2, 0.25) is 0 Å². The Labute approximate surface area is 113 Å². The monoisotopic (exact) mass is 268 g/mol. The van der Waals surface area contributed by atoms with Crippen LogP contribution < -0.4 is 4.74 Å². The van der Waals surface area contributed by atoms with E-state index >= 15 is 0 Å². The molecule has 0 aliphatic rings. The second kappa shape index (κ2) is 8.00. The maximum absolute atomic E-state index is 13.6. The van der Waals surface area contributed by atoms with Crippen LogP contribution in [0, 0.1) is 23.6 Å². The minimum atomic E-state index is -0.348. The maximum Gasteiger partial charge on any atom is 0.142 e. The fourth-order valence-corrected chi connectivity index (χ4v) is 1.40. The van der Waals surface area contributed by atoms with Crippen LogP contribution in [0.3, 0.4) is 0 Å². The van der Waals surface area contributed by atoms with Crippen LogP contribution in [0.15, 0.2) is 18.2 Å². The first-order chi connectivity index (χ1) is 8.63. The first-order valence-electron chi connectivity index (χ1n) is 6.10. The van der Waals surface area contributed by atoms with E-state index in [0.717, 1.165) is 6.42 Å². The molecule has 0 bridgehead atoms. The lowest BCUT2D eigenvalue weighted by molar-refractivity contribution is 0.288. The van der Waals surface area contributed by atoms with Crippen LogP contribution in [0.5, 0.6) is 5.75 Å². The fraction of sp³-hybridized carbons (Fsp3) is 0.467. The van der Waals surface area contributed by atoms with Crippen LogP contribution >= 0.6 is 11.6 Å². The maximum atomic E-state index is 13.6. The third-order valence-corrected chi connectivity index (χ3v) is 2.54. The Balaban J connectivity index is 2.60. The van der Waals surface area contributed by atoms with Crippen molar-refractivity contribution in [3.05, 3.63) is 29.6 Å². The van der Waals surface area contributed by atoms with Gasteiger partial charge in [0.05, 0.1) is 12.2 Å². The predicted molar refractivity (Wildman–Crippen MR) is 73.6 cm³/mol. The third kappa shape index (κ3) is 5.42. The molecule has 0 spiro atoms. The fourth-order valence-electron chi connectivity index (χ4n) is 1.30. The first-order valence-corrected chi connectivity index (χ1v) is 6.64. The van der Waals surface area contributed by atoms with Crippen molar-refractivity contribution in [3.8, 4) is 17.6 Å². The van der Waals surface area contributed by atoms with Gasteiger partial charge < -0.3 is 4.74 Å². The zero-order valence-electron chi connectivity index (χ0n) is 10.8. The molecule has 1 rings (SSSR count). The summed E-state index contributed by atoms with van der Waals surface area (Å²) in [5.74, 6) is 6.80. The van der Waals surface area contributed by atoms with Crippen LogP contribution in [-0.2, 0) is 0 Å². The summed E-state index contributed by atoms with van der Waals surface area (Å²) in [5.41, 5.74) is 0.385. The lowest BCUT2D eigenvalue weighted by Crippen LogP contribution is -2.01. The average Bonchev–Trinajstić information content (AvgIpc) is 2.31. The van der Waals surface area contributed by atoms with Crippen molar-refractivity contribution in [2.75, 3.05) is 12.5 Å². The van der Waals surface area contributed by atoms with E-state index in [0.29, 0.717) is 36.1 Å². The van der Waals surface area contributed by atoms with Crippen LogP contribution in [0.25, 0.3) is 0 Å². The Morgan fingerprint density at radius 3 is 2.78 bits per heavy atom. The summed E-state index contributed by atoms with van der Waals surface area (Å²) in [7, 11) is 0. The largest absolute Gasteiger partial charge is 0.493 e. The minimum Gasteiger partial charge on any atom is -0.493 e. The molecule has 0 aliphatic heterocycles. The van der Waals surface area contributed by atoms with Crippen molar-refractivity contribution >= 4 is 11.6 Å². The van der Waals surface area contributed by atoms with Crippen molar-refractivity contribution in [3.63, 3.8) is 0 Å². The quantitative estimate of drug-likeness (QED) is 0.574. The molecule has 3 heteroatoms. The molecular weight excluding hydrogens is 251 g/mol. The molecule has 0 aliphatic carbocycles. The normalized spacial score (nSPS) is 10.1. The van der Waals surface area contributed by atoms with Crippen molar-refractivity contribution < 1.29 is 9.13 Å². The molecular formula is C15H18ClFO. The lowest BCUT2D eigenvalue weighted by atomic mass is 10.1. The number of benzene rings is 1. The van der Waals surface area contributed by atoms with Gasteiger partial charge in [0.15, 0.2) is 0 Å². The average molecular weight is 269 g/mol. The Morgan fingerprint density at radius 2 is 2.17 bits per heavy atom. The second-order valence-corrected chi connectivity index (χ2v) is 4.79. The second-order valence-electron chi connectivity index (χ2n) is 4.41. The SMILES string of the molecule is CC(C)CCOc1ccc(C#CCCCl)c(F)c1. The highest BCUT2D eigenvalue weighted by molar-refractivity contribution is 6.18. The zero-order chi connectivity index (χ0) is 13.4. The predicted octanol–water partition coefficient (Wildman–Crippen LogP) is 4.23.